The average molecular weight is 321 g/mol. The Morgan fingerprint density at radius 1 is 1.21 bits per heavy atom. The molecule has 3 aromatic rings. The third-order valence-corrected chi connectivity index (χ3v) is 4.21. The van der Waals surface area contributed by atoms with E-state index in [-0.39, 0.29) is 24.2 Å². The lowest BCUT2D eigenvalue weighted by atomic mass is 10.1. The molecule has 1 fully saturated rings. The van der Waals surface area contributed by atoms with Crippen LogP contribution in [0, 0.1) is 5.92 Å². The number of H-pyrrole nitrogens is 1. The lowest BCUT2D eigenvalue weighted by Crippen LogP contribution is -2.28. The van der Waals surface area contributed by atoms with E-state index in [0.29, 0.717) is 6.54 Å². The molecule has 0 saturated carbocycles. The molecule has 2 amide bonds. The van der Waals surface area contributed by atoms with E-state index in [1.165, 1.54) is 6.33 Å². The number of aromatic amines is 1. The van der Waals surface area contributed by atoms with Crippen LogP contribution in [0.3, 0.4) is 0 Å². The normalized spacial score (nSPS) is 17.4. The lowest BCUT2D eigenvalue weighted by Gasteiger charge is -2.18. The van der Waals surface area contributed by atoms with Crippen molar-refractivity contribution in [2.75, 3.05) is 16.8 Å². The second kappa shape index (κ2) is 5.77. The van der Waals surface area contributed by atoms with Gasteiger partial charge in [-0.3, -0.25) is 14.9 Å². The molecule has 7 heteroatoms. The summed E-state index contributed by atoms with van der Waals surface area (Å²) in [7, 11) is 0. The number of hydrogen-bond donors (Lipinski definition) is 2. The molecule has 1 saturated heterocycles. The molecule has 2 aromatic carbocycles. The Bertz CT molecular complexity index is 901. The van der Waals surface area contributed by atoms with Crippen molar-refractivity contribution in [3.63, 3.8) is 0 Å². The maximum absolute atomic E-state index is 12.4. The monoisotopic (exact) mass is 321 g/mol. The number of benzene rings is 2. The van der Waals surface area contributed by atoms with Crippen molar-refractivity contribution in [2.45, 2.75) is 6.42 Å². The molecule has 1 aliphatic heterocycles. The number of nitrogens with one attached hydrogen (secondary N) is 2. The second-order valence-electron chi connectivity index (χ2n) is 5.73. The predicted molar refractivity (Wildman–Crippen MR) is 89.4 cm³/mol. The lowest BCUT2D eigenvalue weighted by molar-refractivity contribution is -0.122. The summed E-state index contributed by atoms with van der Waals surface area (Å²) in [6.07, 6.45) is 1.50. The van der Waals surface area contributed by atoms with Crippen molar-refractivity contribution >= 4 is 34.2 Å². The van der Waals surface area contributed by atoms with Gasteiger partial charge in [-0.05, 0) is 11.5 Å². The van der Waals surface area contributed by atoms with Crippen molar-refractivity contribution in [1.29, 1.82) is 0 Å². The van der Waals surface area contributed by atoms with Gasteiger partial charge < -0.3 is 4.90 Å². The number of anilines is 2. The van der Waals surface area contributed by atoms with Crippen LogP contribution in [0.25, 0.3) is 10.8 Å². The number of nitrogens with zero attached hydrogens (tertiary/aromatic N) is 3. The van der Waals surface area contributed by atoms with Crippen LogP contribution in [0.4, 0.5) is 11.6 Å². The third-order valence-electron chi connectivity index (χ3n) is 4.21. The molecule has 24 heavy (non-hydrogen) atoms. The summed E-state index contributed by atoms with van der Waals surface area (Å²) < 4.78 is 0. The maximum atomic E-state index is 12.4. The van der Waals surface area contributed by atoms with Gasteiger partial charge in [0, 0.05) is 18.4 Å². The predicted octanol–water partition coefficient (Wildman–Crippen LogP) is 1.95. The molecular formula is C17H15N5O2. The van der Waals surface area contributed by atoms with Crippen molar-refractivity contribution in [3.8, 4) is 0 Å². The highest BCUT2D eigenvalue weighted by Gasteiger charge is 2.35. The molecule has 0 aliphatic carbocycles. The fourth-order valence-electron chi connectivity index (χ4n) is 3.04. The Balaban J connectivity index is 1.58. The largest absolute Gasteiger partial charge is 0.311 e. The zero-order valence-corrected chi connectivity index (χ0v) is 12.8. The van der Waals surface area contributed by atoms with E-state index in [9.17, 15) is 9.59 Å². The van der Waals surface area contributed by atoms with Crippen LogP contribution in [0.1, 0.15) is 6.42 Å². The van der Waals surface area contributed by atoms with E-state index in [1.54, 1.807) is 4.90 Å². The van der Waals surface area contributed by atoms with Crippen molar-refractivity contribution < 1.29 is 9.59 Å². The minimum Gasteiger partial charge on any atom is -0.311 e. The molecule has 1 unspecified atom stereocenters. The van der Waals surface area contributed by atoms with E-state index < -0.39 is 5.92 Å². The first-order chi connectivity index (χ1) is 11.7. The van der Waals surface area contributed by atoms with Crippen LogP contribution in [0.15, 0.2) is 48.8 Å². The van der Waals surface area contributed by atoms with E-state index in [4.69, 9.17) is 0 Å². The van der Waals surface area contributed by atoms with Gasteiger partial charge in [0.2, 0.25) is 17.8 Å². The van der Waals surface area contributed by atoms with Gasteiger partial charge in [0.05, 0.1) is 11.6 Å². The first-order valence-electron chi connectivity index (χ1n) is 7.67. The highest BCUT2D eigenvalue weighted by molar-refractivity contribution is 6.08. The van der Waals surface area contributed by atoms with Crippen LogP contribution >= 0.6 is 0 Å². The molecule has 2 N–H and O–H groups in total. The Labute approximate surface area is 137 Å². The standard InChI is InChI=1S/C17H15N5O2/c23-15-8-12(16(24)20-17-18-10-19-21-17)9-22(15)14-7-3-5-11-4-1-2-6-13(11)14/h1-7,10,12H,8-9H2,(H2,18,19,20,21,24). The van der Waals surface area contributed by atoms with E-state index in [2.05, 4.69) is 20.5 Å². The summed E-state index contributed by atoms with van der Waals surface area (Å²) in [6.45, 7) is 0.354. The van der Waals surface area contributed by atoms with Gasteiger partial charge in [-0.1, -0.05) is 36.4 Å². The van der Waals surface area contributed by atoms with Gasteiger partial charge in [-0.25, -0.2) is 5.10 Å². The van der Waals surface area contributed by atoms with E-state index >= 15 is 0 Å². The van der Waals surface area contributed by atoms with Crippen molar-refractivity contribution in [1.82, 2.24) is 15.2 Å². The Kier molecular flexibility index (Phi) is 3.45. The van der Waals surface area contributed by atoms with Crippen LogP contribution in [0.2, 0.25) is 0 Å². The summed E-state index contributed by atoms with van der Waals surface area (Å²) in [5.74, 6) is -0.412. The highest BCUT2D eigenvalue weighted by Crippen LogP contribution is 2.31. The van der Waals surface area contributed by atoms with Gasteiger partial charge in [0.25, 0.3) is 0 Å². The van der Waals surface area contributed by atoms with Crippen LogP contribution in [-0.4, -0.2) is 33.5 Å². The minimum absolute atomic E-state index is 0.0518. The summed E-state index contributed by atoms with van der Waals surface area (Å²) in [5.41, 5.74) is 0.841. The molecule has 2 heterocycles. The zero-order valence-electron chi connectivity index (χ0n) is 12.8. The van der Waals surface area contributed by atoms with E-state index in [0.717, 1.165) is 16.5 Å². The minimum atomic E-state index is -0.415. The summed E-state index contributed by atoms with van der Waals surface area (Å²) >= 11 is 0. The van der Waals surface area contributed by atoms with Crippen LogP contribution in [0.5, 0.6) is 0 Å². The number of hydrogen-bond acceptors (Lipinski definition) is 4. The Morgan fingerprint density at radius 2 is 2.04 bits per heavy atom. The Morgan fingerprint density at radius 3 is 2.88 bits per heavy atom. The summed E-state index contributed by atoms with van der Waals surface area (Å²) in [4.78, 5) is 30.3. The first kappa shape index (κ1) is 14.4. The van der Waals surface area contributed by atoms with Gasteiger partial charge in [0.15, 0.2) is 0 Å². The second-order valence-corrected chi connectivity index (χ2v) is 5.73. The number of rotatable bonds is 3. The van der Waals surface area contributed by atoms with Gasteiger partial charge in [-0.2, -0.15) is 10.1 Å². The molecule has 7 nitrogen and oxygen atoms in total. The smallest absolute Gasteiger partial charge is 0.232 e. The first-order valence-corrected chi connectivity index (χ1v) is 7.67. The molecule has 1 atom stereocenters. The number of aromatic nitrogens is 3. The molecule has 0 radical (unpaired) electrons. The molecule has 1 aliphatic rings. The van der Waals surface area contributed by atoms with E-state index in [1.807, 2.05) is 42.5 Å². The molecule has 0 bridgehead atoms. The summed E-state index contributed by atoms with van der Waals surface area (Å²) in [6, 6.07) is 13.7. The number of carbonyl (C=O) groups excluding carboxylic acids is 2. The third kappa shape index (κ3) is 2.50. The van der Waals surface area contributed by atoms with Gasteiger partial charge in [-0.15, -0.1) is 0 Å². The van der Waals surface area contributed by atoms with Crippen molar-refractivity contribution in [2.24, 2.45) is 5.92 Å². The number of carbonyl (C=O) groups is 2. The van der Waals surface area contributed by atoms with Gasteiger partial charge in [0.1, 0.15) is 6.33 Å². The maximum Gasteiger partial charge on any atom is 0.232 e. The summed E-state index contributed by atoms with van der Waals surface area (Å²) in [5, 5.41) is 11.0. The fourth-order valence-corrected chi connectivity index (χ4v) is 3.04. The molecule has 0 spiro atoms. The van der Waals surface area contributed by atoms with Crippen molar-refractivity contribution in [3.05, 3.63) is 48.8 Å². The number of fused-ring (bicyclic) bond motifs is 1. The van der Waals surface area contributed by atoms with Crippen LogP contribution < -0.4 is 10.2 Å². The average Bonchev–Trinajstić information content (AvgIpc) is 3.24. The molecule has 1 aromatic heterocycles. The highest BCUT2D eigenvalue weighted by atomic mass is 16.2. The topological polar surface area (TPSA) is 91.0 Å². The van der Waals surface area contributed by atoms with Crippen LogP contribution in [-0.2, 0) is 9.59 Å². The SMILES string of the molecule is O=C(Nc1ncn[nH]1)C1CC(=O)N(c2cccc3ccccc23)C1. The zero-order chi connectivity index (χ0) is 16.5. The molecule has 4 rings (SSSR count). The Hall–Kier alpha value is -3.22. The quantitative estimate of drug-likeness (QED) is 0.771. The fraction of sp³-hybridized carbons (Fsp3) is 0.176. The van der Waals surface area contributed by atoms with Gasteiger partial charge >= 0.3 is 0 Å². The molecule has 120 valence electrons. The molecular weight excluding hydrogens is 306 g/mol. The number of amides is 2.